The Morgan fingerprint density at radius 3 is 3.00 bits per heavy atom. The van der Waals surface area contributed by atoms with Gasteiger partial charge in [-0.15, -0.1) is 0 Å². The van der Waals surface area contributed by atoms with Crippen LogP contribution in [0.25, 0.3) is 0 Å². The summed E-state index contributed by atoms with van der Waals surface area (Å²) in [5, 5.41) is 4.04. The van der Waals surface area contributed by atoms with E-state index < -0.39 is 0 Å². The predicted molar refractivity (Wildman–Crippen MR) is 49.1 cm³/mol. The fourth-order valence-corrected chi connectivity index (χ4v) is 1.61. The van der Waals surface area contributed by atoms with Gasteiger partial charge in [0.2, 0.25) is 0 Å². The molecule has 2 aromatic heterocycles. The van der Waals surface area contributed by atoms with E-state index in [2.05, 4.69) is 13.8 Å². The predicted octanol–water partition coefficient (Wildman–Crippen LogP) is 0.320. The molecule has 0 bridgehead atoms. The number of rotatable bonds is 2. The third-order valence-electron chi connectivity index (χ3n) is 1.87. The molecule has 1 unspecified atom stereocenters. The van der Waals surface area contributed by atoms with Crippen LogP contribution in [0.5, 0.6) is 0 Å². The Balaban J connectivity index is 2.33. The fraction of sp³-hybridized carbons (Fsp3) is 0.286. The van der Waals surface area contributed by atoms with E-state index >= 15 is 0 Å². The minimum atomic E-state index is -0.230. The van der Waals surface area contributed by atoms with Crippen molar-refractivity contribution in [3.63, 3.8) is 0 Å². The minimum absolute atomic E-state index is 0.230. The monoisotopic (exact) mass is 195 g/mol. The van der Waals surface area contributed by atoms with Gasteiger partial charge in [0.1, 0.15) is 0 Å². The SMILES string of the molecule is Cn1nccc1C(N)c1cnsn1. The summed E-state index contributed by atoms with van der Waals surface area (Å²) in [5.74, 6) is 0. The van der Waals surface area contributed by atoms with Crippen molar-refractivity contribution in [2.75, 3.05) is 0 Å². The van der Waals surface area contributed by atoms with Gasteiger partial charge in [0.05, 0.1) is 35.4 Å². The fourth-order valence-electron chi connectivity index (χ4n) is 1.15. The van der Waals surface area contributed by atoms with E-state index in [4.69, 9.17) is 5.73 Å². The van der Waals surface area contributed by atoms with Gasteiger partial charge in [-0.2, -0.15) is 13.8 Å². The van der Waals surface area contributed by atoms with Gasteiger partial charge in [0.25, 0.3) is 0 Å². The van der Waals surface area contributed by atoms with Crippen molar-refractivity contribution < 1.29 is 0 Å². The molecule has 0 aliphatic rings. The molecule has 0 aliphatic heterocycles. The van der Waals surface area contributed by atoms with Gasteiger partial charge in [-0.3, -0.25) is 4.68 Å². The first kappa shape index (κ1) is 8.33. The van der Waals surface area contributed by atoms with Crippen molar-refractivity contribution in [3.05, 3.63) is 29.8 Å². The summed E-state index contributed by atoms with van der Waals surface area (Å²) < 4.78 is 9.72. The lowest BCUT2D eigenvalue weighted by Gasteiger charge is -2.07. The minimum Gasteiger partial charge on any atom is -0.318 e. The molecule has 68 valence electrons. The second kappa shape index (κ2) is 3.23. The lowest BCUT2D eigenvalue weighted by Crippen LogP contribution is -2.16. The van der Waals surface area contributed by atoms with Crippen molar-refractivity contribution in [2.45, 2.75) is 6.04 Å². The smallest absolute Gasteiger partial charge is 0.0971 e. The van der Waals surface area contributed by atoms with Crippen molar-refractivity contribution in [3.8, 4) is 0 Å². The third kappa shape index (κ3) is 1.45. The second-order valence-electron chi connectivity index (χ2n) is 2.69. The van der Waals surface area contributed by atoms with Gasteiger partial charge in [0.15, 0.2) is 0 Å². The maximum absolute atomic E-state index is 5.95. The highest BCUT2D eigenvalue weighted by atomic mass is 32.1. The highest BCUT2D eigenvalue weighted by molar-refractivity contribution is 6.99. The Bertz CT molecular complexity index is 379. The summed E-state index contributed by atoms with van der Waals surface area (Å²) in [4.78, 5) is 0. The van der Waals surface area contributed by atoms with Crippen LogP contribution in [-0.4, -0.2) is 18.5 Å². The average molecular weight is 195 g/mol. The maximum Gasteiger partial charge on any atom is 0.0971 e. The molecule has 2 aromatic rings. The van der Waals surface area contributed by atoms with Crippen LogP contribution in [0.3, 0.4) is 0 Å². The lowest BCUT2D eigenvalue weighted by atomic mass is 10.2. The first-order valence-corrected chi connectivity index (χ1v) is 4.53. The van der Waals surface area contributed by atoms with Crippen LogP contribution in [0.15, 0.2) is 18.5 Å². The molecular weight excluding hydrogens is 186 g/mol. The standard InChI is InChI=1S/C7H9N5S/c1-12-6(2-3-9-12)7(8)5-4-10-13-11-5/h2-4,7H,8H2,1H3. The number of hydrogen-bond donors (Lipinski definition) is 1. The molecule has 2 heterocycles. The Hall–Kier alpha value is -1.27. The quantitative estimate of drug-likeness (QED) is 0.749. The maximum atomic E-state index is 5.95. The number of aryl methyl sites for hydroxylation is 1. The molecule has 0 radical (unpaired) electrons. The van der Waals surface area contributed by atoms with Gasteiger partial charge in [-0.25, -0.2) is 0 Å². The summed E-state index contributed by atoms with van der Waals surface area (Å²) in [6.45, 7) is 0. The van der Waals surface area contributed by atoms with Gasteiger partial charge < -0.3 is 5.73 Å². The molecule has 0 aliphatic carbocycles. The molecule has 5 nitrogen and oxygen atoms in total. The molecule has 1 atom stereocenters. The molecule has 13 heavy (non-hydrogen) atoms. The van der Waals surface area contributed by atoms with E-state index in [1.807, 2.05) is 13.1 Å². The molecular formula is C7H9N5S. The van der Waals surface area contributed by atoms with E-state index in [1.165, 1.54) is 0 Å². The van der Waals surface area contributed by atoms with Crippen molar-refractivity contribution >= 4 is 11.7 Å². The zero-order valence-corrected chi connectivity index (χ0v) is 7.90. The van der Waals surface area contributed by atoms with Crippen molar-refractivity contribution in [1.29, 1.82) is 0 Å². The Morgan fingerprint density at radius 2 is 2.46 bits per heavy atom. The largest absolute Gasteiger partial charge is 0.318 e. The van der Waals surface area contributed by atoms with Gasteiger partial charge in [0, 0.05) is 13.2 Å². The second-order valence-corrected chi connectivity index (χ2v) is 3.25. The molecule has 0 saturated heterocycles. The molecule has 0 amide bonds. The Labute approximate surface area is 79.5 Å². The normalized spacial score (nSPS) is 13.1. The van der Waals surface area contributed by atoms with Crippen LogP contribution in [0.2, 0.25) is 0 Å². The topological polar surface area (TPSA) is 69.6 Å². The van der Waals surface area contributed by atoms with Gasteiger partial charge in [-0.05, 0) is 6.07 Å². The van der Waals surface area contributed by atoms with Crippen molar-refractivity contribution in [2.24, 2.45) is 12.8 Å². The van der Waals surface area contributed by atoms with Gasteiger partial charge >= 0.3 is 0 Å². The zero-order chi connectivity index (χ0) is 9.26. The van der Waals surface area contributed by atoms with Gasteiger partial charge in [-0.1, -0.05) is 0 Å². The number of nitrogens with zero attached hydrogens (tertiary/aromatic N) is 4. The van der Waals surface area contributed by atoms with E-state index in [0.717, 1.165) is 23.1 Å². The van der Waals surface area contributed by atoms with E-state index in [0.29, 0.717) is 0 Å². The highest BCUT2D eigenvalue weighted by Gasteiger charge is 2.14. The lowest BCUT2D eigenvalue weighted by molar-refractivity contribution is 0.667. The van der Waals surface area contributed by atoms with Crippen LogP contribution >= 0.6 is 11.7 Å². The molecule has 6 heteroatoms. The molecule has 0 spiro atoms. The zero-order valence-electron chi connectivity index (χ0n) is 7.08. The molecule has 2 N–H and O–H groups in total. The molecule has 0 saturated carbocycles. The molecule has 0 aromatic carbocycles. The number of aromatic nitrogens is 4. The Kier molecular flexibility index (Phi) is 2.07. The summed E-state index contributed by atoms with van der Waals surface area (Å²) >= 11 is 1.16. The average Bonchev–Trinajstić information content (AvgIpc) is 2.72. The van der Waals surface area contributed by atoms with Crippen molar-refractivity contribution in [1.82, 2.24) is 18.5 Å². The first-order valence-electron chi connectivity index (χ1n) is 3.80. The Morgan fingerprint density at radius 1 is 1.62 bits per heavy atom. The number of hydrogen-bond acceptors (Lipinski definition) is 5. The van der Waals surface area contributed by atoms with Crippen LogP contribution in [-0.2, 0) is 7.05 Å². The summed E-state index contributed by atoms with van der Waals surface area (Å²) in [6.07, 6.45) is 3.40. The van der Waals surface area contributed by atoms with E-state index in [-0.39, 0.29) is 6.04 Å². The summed E-state index contributed by atoms with van der Waals surface area (Å²) in [6, 6.07) is 1.65. The first-order chi connectivity index (χ1) is 6.29. The van der Waals surface area contributed by atoms with Crippen LogP contribution in [0.4, 0.5) is 0 Å². The highest BCUT2D eigenvalue weighted by Crippen LogP contribution is 2.16. The summed E-state index contributed by atoms with van der Waals surface area (Å²) in [7, 11) is 1.86. The van der Waals surface area contributed by atoms with Crippen LogP contribution in [0.1, 0.15) is 17.4 Å². The third-order valence-corrected chi connectivity index (χ3v) is 2.37. The molecule has 0 fully saturated rings. The van der Waals surface area contributed by atoms with Crippen LogP contribution < -0.4 is 5.73 Å². The van der Waals surface area contributed by atoms with E-state index in [1.54, 1.807) is 17.1 Å². The van der Waals surface area contributed by atoms with E-state index in [9.17, 15) is 0 Å². The van der Waals surface area contributed by atoms with Crippen LogP contribution in [0, 0.1) is 0 Å². The number of nitrogens with two attached hydrogens (primary N) is 1. The molecule has 2 rings (SSSR count). The summed E-state index contributed by atoms with van der Waals surface area (Å²) in [5.41, 5.74) is 7.67.